The van der Waals surface area contributed by atoms with Gasteiger partial charge < -0.3 is 19.8 Å². The summed E-state index contributed by atoms with van der Waals surface area (Å²) in [5.74, 6) is -0.203. The second-order valence-electron chi connectivity index (χ2n) is 20.3. The van der Waals surface area contributed by atoms with Crippen LogP contribution in [0.15, 0.2) is 146 Å². The average Bonchev–Trinajstić information content (AvgIpc) is 3.36. The number of unbranched alkanes of at least 4 members (excludes halogenated alkanes) is 16. The Hall–Kier alpha value is -3.62. The number of amides is 1. The van der Waals surface area contributed by atoms with Crippen LogP contribution in [0.3, 0.4) is 0 Å². The molecule has 0 aliphatic rings. The first kappa shape index (κ1) is 70.4. The molecule has 0 saturated heterocycles. The van der Waals surface area contributed by atoms with E-state index in [0.29, 0.717) is 17.4 Å². The van der Waals surface area contributed by atoms with Crippen molar-refractivity contribution in [1.29, 1.82) is 0 Å². The SMILES string of the molecule is CC/C=C\C/C=C\C/C=C\C/C=C\C/C=C\C/C=C\C/C=C\C/C=C\C/C=C\C/C=C\C/C=C\CCCCCCCC(=O)NC(COP(=O)(O)OCC[N+](C)(C)C)C(O)/C=C/CCCCCCCCCCCCC. The maximum atomic E-state index is 12.9. The molecular weight excluding hydrogens is 936 g/mol. The van der Waals surface area contributed by atoms with E-state index in [1.807, 2.05) is 27.2 Å². The molecule has 3 N–H and O–H groups in total. The number of hydrogen-bond acceptors (Lipinski definition) is 5. The van der Waals surface area contributed by atoms with E-state index in [1.54, 1.807) is 6.08 Å². The summed E-state index contributed by atoms with van der Waals surface area (Å²) in [6, 6.07) is -0.867. The number of quaternary nitrogens is 1. The van der Waals surface area contributed by atoms with Crippen LogP contribution in [0.1, 0.15) is 206 Å². The maximum Gasteiger partial charge on any atom is 0.472 e. The molecule has 0 spiro atoms. The Kier molecular flexibility index (Phi) is 51.5. The van der Waals surface area contributed by atoms with Crippen molar-refractivity contribution in [2.45, 2.75) is 219 Å². The van der Waals surface area contributed by atoms with Crippen molar-refractivity contribution >= 4 is 13.7 Å². The third-order valence-electron chi connectivity index (χ3n) is 12.1. The normalized spacial score (nSPS) is 15.0. The molecule has 0 fully saturated rings. The van der Waals surface area contributed by atoms with Crippen LogP contribution >= 0.6 is 7.82 Å². The lowest BCUT2D eigenvalue weighted by Gasteiger charge is -2.25. The second-order valence-corrected chi connectivity index (χ2v) is 21.7. The van der Waals surface area contributed by atoms with Gasteiger partial charge in [-0.3, -0.25) is 13.8 Å². The van der Waals surface area contributed by atoms with Gasteiger partial charge in [0.2, 0.25) is 5.91 Å². The lowest BCUT2D eigenvalue weighted by Crippen LogP contribution is -2.45. The molecule has 1 amide bonds. The third-order valence-corrected chi connectivity index (χ3v) is 13.0. The Morgan fingerprint density at radius 2 is 0.811 bits per heavy atom. The number of rotatable bonds is 51. The molecule has 0 aromatic heterocycles. The number of nitrogens with one attached hydrogen (secondary N) is 1. The van der Waals surface area contributed by atoms with Crippen LogP contribution in [0.2, 0.25) is 0 Å². The standard InChI is InChI=1S/C65H109N2O6P/c1-6-8-10-12-14-16-18-20-21-22-23-24-25-26-27-28-29-30-31-32-33-34-35-36-37-38-39-40-41-42-43-44-45-47-49-51-53-55-57-59-65(69)66-63(62-73-74(70,71)72-61-60-67(3,4)5)64(68)58-56-54-52-50-48-46-19-17-15-13-11-9-7-2/h8,10,14,16,20-21,23-24,26-27,29-30,32-33,35-36,38-39,41-42,44-45,56,58,63-64,68H,6-7,9,11-13,15,17-19,22,25,28,31,34,37,40,43,46-55,57,59-62H2,1-5H3,(H-,66,69,70,71)/p+1/b10-8-,16-14-,21-20-,24-23-,27-26-,30-29-,33-32-,36-35-,39-38-,42-41-,45-44-,58-56+. The molecule has 0 radical (unpaired) electrons. The van der Waals surface area contributed by atoms with Crippen LogP contribution in [0, 0.1) is 0 Å². The number of nitrogens with zero attached hydrogens (tertiary/aromatic N) is 1. The van der Waals surface area contributed by atoms with Crippen LogP contribution in [-0.4, -0.2) is 73.4 Å². The van der Waals surface area contributed by atoms with Crippen molar-refractivity contribution < 1.29 is 32.9 Å². The predicted molar refractivity (Wildman–Crippen MR) is 322 cm³/mol. The van der Waals surface area contributed by atoms with Crippen LogP contribution in [0.5, 0.6) is 0 Å². The van der Waals surface area contributed by atoms with Gasteiger partial charge in [0.15, 0.2) is 0 Å². The molecule has 0 heterocycles. The molecule has 0 rings (SSSR count). The minimum Gasteiger partial charge on any atom is -0.387 e. The number of likely N-dealkylation sites (N-methyl/N-ethyl adjacent to an activating group) is 1. The Bertz CT molecular complexity index is 1710. The zero-order valence-corrected chi connectivity index (χ0v) is 48.7. The fourth-order valence-corrected chi connectivity index (χ4v) is 8.25. The number of hydrogen-bond donors (Lipinski definition) is 3. The fraction of sp³-hybridized carbons (Fsp3) is 0.615. The highest BCUT2D eigenvalue weighted by Crippen LogP contribution is 2.43. The molecule has 8 nitrogen and oxygen atoms in total. The van der Waals surface area contributed by atoms with E-state index >= 15 is 0 Å². The fourth-order valence-electron chi connectivity index (χ4n) is 7.52. The predicted octanol–water partition coefficient (Wildman–Crippen LogP) is 18.1. The first-order valence-electron chi connectivity index (χ1n) is 29.2. The number of carbonyl (C=O) groups excluding carboxylic acids is 1. The third kappa shape index (κ3) is 56.1. The van der Waals surface area contributed by atoms with E-state index in [4.69, 9.17) is 9.05 Å². The van der Waals surface area contributed by atoms with Gasteiger partial charge in [0, 0.05) is 6.42 Å². The zero-order valence-electron chi connectivity index (χ0n) is 47.8. The summed E-state index contributed by atoms with van der Waals surface area (Å²) in [4.78, 5) is 23.2. The molecule has 0 aromatic carbocycles. The molecular formula is C65H110N2O6P+. The van der Waals surface area contributed by atoms with Gasteiger partial charge in [-0.1, -0.05) is 243 Å². The van der Waals surface area contributed by atoms with Crippen molar-refractivity contribution in [3.05, 3.63) is 146 Å². The number of carbonyl (C=O) groups is 1. The molecule has 0 saturated carbocycles. The Morgan fingerprint density at radius 1 is 0.473 bits per heavy atom. The van der Waals surface area contributed by atoms with Gasteiger partial charge in [-0.15, -0.1) is 0 Å². The minimum atomic E-state index is -4.36. The Labute approximate surface area is 455 Å². The van der Waals surface area contributed by atoms with Gasteiger partial charge in [-0.05, 0) is 103 Å². The molecule has 420 valence electrons. The lowest BCUT2D eigenvalue weighted by atomic mass is 10.0. The highest BCUT2D eigenvalue weighted by molar-refractivity contribution is 7.47. The van der Waals surface area contributed by atoms with E-state index < -0.39 is 20.0 Å². The number of aliphatic hydroxyl groups is 1. The van der Waals surface area contributed by atoms with E-state index in [0.717, 1.165) is 128 Å². The second kappa shape index (κ2) is 54.2. The summed E-state index contributed by atoms with van der Waals surface area (Å²) in [6.45, 7) is 4.66. The molecule has 3 unspecified atom stereocenters. The monoisotopic (exact) mass is 1050 g/mol. The van der Waals surface area contributed by atoms with Crippen LogP contribution in [-0.2, 0) is 18.4 Å². The number of allylic oxidation sites excluding steroid dienone is 23. The molecule has 3 atom stereocenters. The highest BCUT2D eigenvalue weighted by atomic mass is 31.2. The number of aliphatic hydroxyl groups excluding tert-OH is 1. The van der Waals surface area contributed by atoms with Crippen molar-refractivity contribution in [3.8, 4) is 0 Å². The van der Waals surface area contributed by atoms with Gasteiger partial charge >= 0.3 is 7.82 Å². The minimum absolute atomic E-state index is 0.0498. The zero-order chi connectivity index (χ0) is 54.2. The van der Waals surface area contributed by atoms with E-state index in [-0.39, 0.29) is 19.1 Å². The van der Waals surface area contributed by atoms with Crippen molar-refractivity contribution in [3.63, 3.8) is 0 Å². The van der Waals surface area contributed by atoms with E-state index in [2.05, 4.69) is 153 Å². The average molecular weight is 1050 g/mol. The van der Waals surface area contributed by atoms with Crippen LogP contribution < -0.4 is 5.32 Å². The van der Waals surface area contributed by atoms with Crippen molar-refractivity contribution in [1.82, 2.24) is 5.32 Å². The molecule has 0 aromatic rings. The van der Waals surface area contributed by atoms with Gasteiger partial charge in [0.25, 0.3) is 0 Å². The van der Waals surface area contributed by atoms with Crippen LogP contribution in [0.4, 0.5) is 0 Å². The smallest absolute Gasteiger partial charge is 0.387 e. The quantitative estimate of drug-likeness (QED) is 0.0243. The Balaban J connectivity index is 4.20. The molecule has 9 heteroatoms. The first-order valence-corrected chi connectivity index (χ1v) is 30.7. The maximum absolute atomic E-state index is 12.9. The van der Waals surface area contributed by atoms with Crippen molar-refractivity contribution in [2.75, 3.05) is 40.9 Å². The summed E-state index contributed by atoms with van der Waals surface area (Å²) in [7, 11) is 1.54. The lowest BCUT2D eigenvalue weighted by molar-refractivity contribution is -0.870. The Morgan fingerprint density at radius 3 is 1.19 bits per heavy atom. The van der Waals surface area contributed by atoms with E-state index in [9.17, 15) is 19.4 Å². The van der Waals surface area contributed by atoms with Gasteiger partial charge in [-0.25, -0.2) is 4.57 Å². The summed E-state index contributed by atoms with van der Waals surface area (Å²) >= 11 is 0. The molecule has 74 heavy (non-hydrogen) atoms. The highest BCUT2D eigenvalue weighted by Gasteiger charge is 2.27. The summed E-state index contributed by atoms with van der Waals surface area (Å²) in [6.07, 6.45) is 83.8. The van der Waals surface area contributed by atoms with Crippen LogP contribution in [0.25, 0.3) is 0 Å². The number of phosphoric ester groups is 1. The summed E-state index contributed by atoms with van der Waals surface area (Å²) < 4.78 is 23.6. The topological polar surface area (TPSA) is 105 Å². The first-order chi connectivity index (χ1) is 36.0. The summed E-state index contributed by atoms with van der Waals surface area (Å²) in [5.41, 5.74) is 0. The summed E-state index contributed by atoms with van der Waals surface area (Å²) in [5, 5.41) is 13.9. The number of phosphoric acid groups is 1. The van der Waals surface area contributed by atoms with Gasteiger partial charge in [-0.2, -0.15) is 0 Å². The van der Waals surface area contributed by atoms with E-state index in [1.165, 1.54) is 57.8 Å². The van der Waals surface area contributed by atoms with Crippen molar-refractivity contribution in [2.24, 2.45) is 0 Å². The van der Waals surface area contributed by atoms with Gasteiger partial charge in [0.1, 0.15) is 13.2 Å². The largest absolute Gasteiger partial charge is 0.472 e. The van der Waals surface area contributed by atoms with Gasteiger partial charge in [0.05, 0.1) is 39.9 Å². The molecule has 0 aliphatic carbocycles. The molecule has 0 aliphatic heterocycles. The molecule has 0 bridgehead atoms.